The number of H-pyrrole nitrogens is 1. The molecule has 1 aliphatic rings. The van der Waals surface area contributed by atoms with Gasteiger partial charge in [0, 0.05) is 12.1 Å². The lowest BCUT2D eigenvalue weighted by Crippen LogP contribution is -2.52. The summed E-state index contributed by atoms with van der Waals surface area (Å²) in [7, 11) is 0. The van der Waals surface area contributed by atoms with E-state index in [0.717, 1.165) is 30.7 Å². The summed E-state index contributed by atoms with van der Waals surface area (Å²) in [6, 6.07) is 0. The van der Waals surface area contributed by atoms with Crippen LogP contribution >= 0.6 is 0 Å². The molecule has 2 aromatic rings. The normalized spacial score (nSPS) is 18.3. The Balaban J connectivity index is 1.81. The summed E-state index contributed by atoms with van der Waals surface area (Å²) in [6.45, 7) is 0.748. The van der Waals surface area contributed by atoms with Crippen molar-refractivity contribution in [3.63, 3.8) is 0 Å². The molecule has 1 aliphatic carbocycles. The van der Waals surface area contributed by atoms with E-state index in [1.807, 2.05) is 0 Å². The van der Waals surface area contributed by atoms with Gasteiger partial charge in [-0.15, -0.1) is 0 Å². The van der Waals surface area contributed by atoms with Crippen LogP contribution in [-0.2, 0) is 0 Å². The zero-order valence-corrected chi connectivity index (χ0v) is 8.90. The van der Waals surface area contributed by atoms with Crippen LogP contribution in [0.5, 0.6) is 0 Å². The zero-order chi connectivity index (χ0) is 11.0. The molecule has 2 heterocycles. The molecule has 4 N–H and O–H groups in total. The minimum atomic E-state index is -0.0582. The number of hydrogen-bond donors (Lipinski definition) is 3. The molecule has 0 aromatic carbocycles. The van der Waals surface area contributed by atoms with Crippen LogP contribution < -0.4 is 11.1 Å². The van der Waals surface area contributed by atoms with Crippen LogP contribution in [-0.4, -0.2) is 32.0 Å². The second-order valence-electron chi connectivity index (χ2n) is 4.39. The number of hydrogen-bond acceptors (Lipinski definition) is 5. The summed E-state index contributed by atoms with van der Waals surface area (Å²) in [6.07, 6.45) is 6.51. The van der Waals surface area contributed by atoms with Crippen LogP contribution in [0.15, 0.2) is 12.7 Å². The fraction of sp³-hybridized carbons (Fsp3) is 0.500. The molecule has 6 heteroatoms. The topological polar surface area (TPSA) is 92.5 Å². The third kappa shape index (κ3) is 1.51. The number of fused-ring (bicyclic) bond motifs is 1. The van der Waals surface area contributed by atoms with Gasteiger partial charge in [-0.25, -0.2) is 15.0 Å². The average molecular weight is 218 g/mol. The second-order valence-corrected chi connectivity index (χ2v) is 4.39. The van der Waals surface area contributed by atoms with Gasteiger partial charge in [0.2, 0.25) is 0 Å². The molecule has 0 saturated heterocycles. The van der Waals surface area contributed by atoms with Gasteiger partial charge in [0.1, 0.15) is 11.8 Å². The van der Waals surface area contributed by atoms with E-state index in [9.17, 15) is 0 Å². The van der Waals surface area contributed by atoms with Gasteiger partial charge in [0.25, 0.3) is 0 Å². The molecular formula is C10H14N6. The maximum absolute atomic E-state index is 6.14. The maximum Gasteiger partial charge on any atom is 0.182 e. The monoisotopic (exact) mass is 218 g/mol. The lowest BCUT2D eigenvalue weighted by atomic mass is 9.78. The third-order valence-corrected chi connectivity index (χ3v) is 3.18. The van der Waals surface area contributed by atoms with E-state index in [1.165, 1.54) is 12.7 Å². The van der Waals surface area contributed by atoms with Gasteiger partial charge < -0.3 is 16.0 Å². The first kappa shape index (κ1) is 9.53. The van der Waals surface area contributed by atoms with E-state index < -0.39 is 0 Å². The molecule has 2 aromatic heterocycles. The lowest BCUT2D eigenvalue weighted by Gasteiger charge is -2.38. The molecule has 0 radical (unpaired) electrons. The molecule has 0 unspecified atom stereocenters. The predicted octanol–water partition coefficient (Wildman–Crippen LogP) is 0.646. The van der Waals surface area contributed by atoms with Gasteiger partial charge in [-0.3, -0.25) is 0 Å². The molecule has 1 fully saturated rings. The van der Waals surface area contributed by atoms with E-state index >= 15 is 0 Å². The largest absolute Gasteiger partial charge is 0.366 e. The number of nitrogens with two attached hydrogens (primary N) is 1. The van der Waals surface area contributed by atoms with Crippen molar-refractivity contribution in [2.75, 3.05) is 11.9 Å². The number of aromatic nitrogens is 4. The molecule has 16 heavy (non-hydrogen) atoms. The van der Waals surface area contributed by atoms with Crippen molar-refractivity contribution >= 4 is 17.0 Å². The summed E-state index contributed by atoms with van der Waals surface area (Å²) >= 11 is 0. The first-order valence-electron chi connectivity index (χ1n) is 5.44. The van der Waals surface area contributed by atoms with Crippen LogP contribution in [0.25, 0.3) is 11.2 Å². The molecule has 1 saturated carbocycles. The number of aromatic amines is 1. The minimum absolute atomic E-state index is 0.0582. The van der Waals surface area contributed by atoms with Crippen molar-refractivity contribution in [2.45, 2.75) is 24.8 Å². The molecule has 3 rings (SSSR count). The van der Waals surface area contributed by atoms with Gasteiger partial charge in [-0.05, 0) is 19.3 Å². The highest BCUT2D eigenvalue weighted by Gasteiger charge is 2.32. The van der Waals surface area contributed by atoms with E-state index in [-0.39, 0.29) is 5.54 Å². The van der Waals surface area contributed by atoms with Crippen LogP contribution in [0, 0.1) is 0 Å². The number of nitrogens with one attached hydrogen (secondary N) is 2. The first-order chi connectivity index (χ1) is 7.77. The number of anilines is 1. The maximum atomic E-state index is 6.14. The molecular weight excluding hydrogens is 204 g/mol. The van der Waals surface area contributed by atoms with E-state index in [0.29, 0.717) is 5.65 Å². The van der Waals surface area contributed by atoms with Gasteiger partial charge in [-0.1, -0.05) is 0 Å². The highest BCUT2D eigenvalue weighted by atomic mass is 15.1. The fourth-order valence-corrected chi connectivity index (χ4v) is 1.97. The Morgan fingerprint density at radius 1 is 1.38 bits per heavy atom. The van der Waals surface area contributed by atoms with Crippen molar-refractivity contribution in [1.29, 1.82) is 0 Å². The highest BCUT2D eigenvalue weighted by molar-refractivity contribution is 5.81. The number of rotatable bonds is 3. The van der Waals surface area contributed by atoms with Crippen LogP contribution in [0.2, 0.25) is 0 Å². The average Bonchev–Trinajstić information content (AvgIpc) is 2.72. The van der Waals surface area contributed by atoms with E-state index in [2.05, 4.69) is 25.3 Å². The Hall–Kier alpha value is -1.69. The SMILES string of the molecule is NC1(CNc2ncnc3nc[nH]c23)CCC1. The van der Waals surface area contributed by atoms with Crippen molar-refractivity contribution in [3.8, 4) is 0 Å². The summed E-state index contributed by atoms with van der Waals surface area (Å²) < 4.78 is 0. The van der Waals surface area contributed by atoms with Gasteiger partial charge in [0.05, 0.1) is 6.33 Å². The molecule has 0 spiro atoms. The Morgan fingerprint density at radius 2 is 2.25 bits per heavy atom. The van der Waals surface area contributed by atoms with Crippen LogP contribution in [0.4, 0.5) is 5.82 Å². The van der Waals surface area contributed by atoms with Crippen molar-refractivity contribution < 1.29 is 0 Å². The second kappa shape index (κ2) is 3.41. The van der Waals surface area contributed by atoms with Crippen molar-refractivity contribution in [3.05, 3.63) is 12.7 Å². The van der Waals surface area contributed by atoms with Crippen molar-refractivity contribution in [2.24, 2.45) is 5.73 Å². The Morgan fingerprint density at radius 3 is 3.00 bits per heavy atom. The number of nitrogens with zero attached hydrogens (tertiary/aromatic N) is 3. The third-order valence-electron chi connectivity index (χ3n) is 3.18. The summed E-state index contributed by atoms with van der Waals surface area (Å²) in [5, 5.41) is 3.27. The summed E-state index contributed by atoms with van der Waals surface area (Å²) in [5.41, 5.74) is 7.60. The molecule has 0 amide bonds. The lowest BCUT2D eigenvalue weighted by molar-refractivity contribution is 0.265. The molecule has 84 valence electrons. The first-order valence-corrected chi connectivity index (χ1v) is 5.44. The Bertz CT molecular complexity index is 501. The molecule has 0 atom stereocenters. The molecule has 0 aliphatic heterocycles. The molecule has 6 nitrogen and oxygen atoms in total. The van der Waals surface area contributed by atoms with Gasteiger partial charge >= 0.3 is 0 Å². The Kier molecular flexibility index (Phi) is 2.03. The van der Waals surface area contributed by atoms with Gasteiger partial charge in [0.15, 0.2) is 11.5 Å². The standard InChI is InChI=1S/C10H14N6/c11-10(2-1-3-10)4-12-8-7-9(14-5-13-7)16-6-15-8/h5-6H,1-4,11H2,(H2,12,13,14,15,16). The summed E-state index contributed by atoms with van der Waals surface area (Å²) in [5.74, 6) is 0.777. The predicted molar refractivity (Wildman–Crippen MR) is 60.9 cm³/mol. The minimum Gasteiger partial charge on any atom is -0.366 e. The van der Waals surface area contributed by atoms with E-state index in [1.54, 1.807) is 6.33 Å². The van der Waals surface area contributed by atoms with Crippen LogP contribution in [0.3, 0.4) is 0 Å². The van der Waals surface area contributed by atoms with Crippen LogP contribution in [0.1, 0.15) is 19.3 Å². The Labute approximate surface area is 92.7 Å². The van der Waals surface area contributed by atoms with Crippen molar-refractivity contribution in [1.82, 2.24) is 19.9 Å². The summed E-state index contributed by atoms with van der Waals surface area (Å²) in [4.78, 5) is 15.3. The smallest absolute Gasteiger partial charge is 0.182 e. The van der Waals surface area contributed by atoms with Gasteiger partial charge in [-0.2, -0.15) is 0 Å². The quantitative estimate of drug-likeness (QED) is 0.703. The van der Waals surface area contributed by atoms with E-state index in [4.69, 9.17) is 5.73 Å². The zero-order valence-electron chi connectivity index (χ0n) is 8.90. The molecule has 0 bridgehead atoms. The fourth-order valence-electron chi connectivity index (χ4n) is 1.97. The number of imidazole rings is 1. The highest BCUT2D eigenvalue weighted by Crippen LogP contribution is 2.29.